The summed E-state index contributed by atoms with van der Waals surface area (Å²) < 4.78 is 11.1. The monoisotopic (exact) mass is 480 g/mol. The van der Waals surface area contributed by atoms with Crippen molar-refractivity contribution in [2.24, 2.45) is 0 Å². The predicted molar refractivity (Wildman–Crippen MR) is 138 cm³/mol. The lowest BCUT2D eigenvalue weighted by atomic mass is 9.97. The third-order valence-electron chi connectivity index (χ3n) is 6.44. The molecule has 2 aromatic heterocycles. The molecule has 182 valence electrons. The molecule has 2 heterocycles. The van der Waals surface area contributed by atoms with Crippen molar-refractivity contribution in [1.29, 1.82) is 0 Å². The molecule has 6 heteroatoms. The lowest BCUT2D eigenvalue weighted by Crippen LogP contribution is -2.30. The lowest BCUT2D eigenvalue weighted by molar-refractivity contribution is -0.120. The van der Waals surface area contributed by atoms with Gasteiger partial charge in [-0.25, -0.2) is 0 Å². The molecule has 0 saturated carbocycles. The molecule has 5 rings (SSSR count). The maximum atomic E-state index is 13.1. The van der Waals surface area contributed by atoms with E-state index in [1.165, 1.54) is 5.56 Å². The van der Waals surface area contributed by atoms with Gasteiger partial charge in [-0.15, -0.1) is 0 Å². The second-order valence-corrected chi connectivity index (χ2v) is 9.16. The number of benzene rings is 3. The summed E-state index contributed by atoms with van der Waals surface area (Å²) in [7, 11) is 0. The number of nitrogens with zero attached hydrogens (tertiary/aromatic N) is 1. The molecule has 5 aromatic rings. The Kier molecular flexibility index (Phi) is 6.44. The van der Waals surface area contributed by atoms with E-state index in [1.54, 1.807) is 19.9 Å². The van der Waals surface area contributed by atoms with E-state index in [4.69, 9.17) is 8.94 Å². The number of rotatable bonds is 7. The Hall–Kier alpha value is -4.16. The van der Waals surface area contributed by atoms with Crippen LogP contribution in [0.4, 0.5) is 0 Å². The molecule has 0 aliphatic rings. The molecule has 0 spiro atoms. The number of hydrogen-bond acceptors (Lipinski definition) is 5. The van der Waals surface area contributed by atoms with Crippen molar-refractivity contribution in [3.8, 4) is 0 Å². The fourth-order valence-electron chi connectivity index (χ4n) is 4.54. The summed E-state index contributed by atoms with van der Waals surface area (Å²) in [5.41, 5.74) is 5.96. The molecular formula is C30H28N2O4. The van der Waals surface area contributed by atoms with Crippen LogP contribution in [0.15, 0.2) is 87.8 Å². The number of aryl methyl sites for hydroxylation is 3. The first-order chi connectivity index (χ1) is 17.4. The number of fused-ring (bicyclic) bond motifs is 1. The predicted octanol–water partition coefficient (Wildman–Crippen LogP) is 5.88. The summed E-state index contributed by atoms with van der Waals surface area (Å²) >= 11 is 0. The van der Waals surface area contributed by atoms with Crippen LogP contribution >= 0.6 is 0 Å². The summed E-state index contributed by atoms with van der Waals surface area (Å²) in [6.07, 6.45) is -0.755. The average Bonchev–Trinajstić information content (AvgIpc) is 3.45. The topological polar surface area (TPSA) is 88.5 Å². The summed E-state index contributed by atoms with van der Waals surface area (Å²) in [4.78, 5) is 13.1. The van der Waals surface area contributed by atoms with Gasteiger partial charge >= 0.3 is 0 Å². The highest BCUT2D eigenvalue weighted by molar-refractivity contribution is 5.83. The van der Waals surface area contributed by atoms with Crippen LogP contribution in [0.5, 0.6) is 0 Å². The van der Waals surface area contributed by atoms with Crippen LogP contribution in [0.3, 0.4) is 0 Å². The molecule has 36 heavy (non-hydrogen) atoms. The maximum Gasteiger partial charge on any atom is 0.225 e. The number of aliphatic hydroxyl groups is 1. The normalized spacial score (nSPS) is 13.0. The Labute approximate surface area is 209 Å². The van der Waals surface area contributed by atoms with Gasteiger partial charge in [0, 0.05) is 5.39 Å². The minimum atomic E-state index is -0.975. The third-order valence-corrected chi connectivity index (χ3v) is 6.44. The Morgan fingerprint density at radius 1 is 0.944 bits per heavy atom. The van der Waals surface area contributed by atoms with Gasteiger partial charge in [-0.05, 0) is 55.7 Å². The first kappa shape index (κ1) is 23.6. The van der Waals surface area contributed by atoms with Crippen molar-refractivity contribution in [2.75, 3.05) is 0 Å². The number of hydrogen-bond donors (Lipinski definition) is 2. The Balaban J connectivity index is 1.36. The summed E-state index contributed by atoms with van der Waals surface area (Å²) in [5.74, 6) is 0.882. The SMILES string of the molecule is Cc1ccc(C(NC(=O)Cc2ccc3oc(C(O)c4c(C)noc4C)cc3c2)c2ccccc2)cc1. The van der Waals surface area contributed by atoms with Gasteiger partial charge in [0.25, 0.3) is 0 Å². The van der Waals surface area contributed by atoms with Gasteiger partial charge in [-0.1, -0.05) is 71.4 Å². The number of furan rings is 1. The fraction of sp³-hybridized carbons (Fsp3) is 0.200. The second kappa shape index (κ2) is 9.84. The van der Waals surface area contributed by atoms with Gasteiger partial charge in [0.1, 0.15) is 23.2 Å². The number of amides is 1. The van der Waals surface area contributed by atoms with Crippen LogP contribution in [0.1, 0.15) is 57.2 Å². The van der Waals surface area contributed by atoms with E-state index in [9.17, 15) is 9.90 Å². The number of aliphatic hydroxyl groups excluding tert-OH is 1. The van der Waals surface area contributed by atoms with Crippen molar-refractivity contribution >= 4 is 16.9 Å². The van der Waals surface area contributed by atoms with Gasteiger partial charge in [0.05, 0.1) is 23.7 Å². The minimum absolute atomic E-state index is 0.0803. The molecular weight excluding hydrogens is 452 g/mol. The van der Waals surface area contributed by atoms with Gasteiger partial charge in [-0.3, -0.25) is 4.79 Å². The first-order valence-corrected chi connectivity index (χ1v) is 11.9. The van der Waals surface area contributed by atoms with E-state index in [-0.39, 0.29) is 18.4 Å². The number of carbonyl (C=O) groups is 1. The fourth-order valence-corrected chi connectivity index (χ4v) is 4.54. The molecule has 0 saturated heterocycles. The summed E-state index contributed by atoms with van der Waals surface area (Å²) in [6, 6.07) is 25.4. The zero-order valence-corrected chi connectivity index (χ0v) is 20.5. The van der Waals surface area contributed by atoms with Gasteiger partial charge in [-0.2, -0.15) is 0 Å². The maximum absolute atomic E-state index is 13.1. The summed E-state index contributed by atoms with van der Waals surface area (Å²) in [5, 5.41) is 18.8. The molecule has 0 aliphatic carbocycles. The van der Waals surface area contributed by atoms with Crippen molar-refractivity contribution in [2.45, 2.75) is 39.3 Å². The quantitative estimate of drug-likeness (QED) is 0.304. The molecule has 0 aliphatic heterocycles. The molecule has 2 unspecified atom stereocenters. The molecule has 0 bridgehead atoms. The molecule has 6 nitrogen and oxygen atoms in total. The molecule has 0 fully saturated rings. The molecule has 2 N–H and O–H groups in total. The second-order valence-electron chi connectivity index (χ2n) is 9.16. The smallest absolute Gasteiger partial charge is 0.225 e. The molecule has 0 radical (unpaired) electrons. The van der Waals surface area contributed by atoms with E-state index >= 15 is 0 Å². The first-order valence-electron chi connectivity index (χ1n) is 11.9. The van der Waals surface area contributed by atoms with Gasteiger partial charge in [0.2, 0.25) is 5.91 Å². The summed E-state index contributed by atoms with van der Waals surface area (Å²) in [6.45, 7) is 5.59. The highest BCUT2D eigenvalue weighted by Gasteiger charge is 2.23. The Morgan fingerprint density at radius 2 is 1.67 bits per heavy atom. The van der Waals surface area contributed by atoms with Crippen LogP contribution in [-0.4, -0.2) is 16.2 Å². The number of carbonyl (C=O) groups excluding carboxylic acids is 1. The van der Waals surface area contributed by atoms with E-state index in [0.717, 1.165) is 22.1 Å². The van der Waals surface area contributed by atoms with Gasteiger partial charge in [0.15, 0.2) is 0 Å². The van der Waals surface area contributed by atoms with Gasteiger partial charge < -0.3 is 19.4 Å². The highest BCUT2D eigenvalue weighted by Crippen LogP contribution is 2.32. The van der Waals surface area contributed by atoms with Crippen LogP contribution < -0.4 is 5.32 Å². The van der Waals surface area contributed by atoms with Crippen molar-refractivity contribution < 1.29 is 18.8 Å². The Bertz CT molecular complexity index is 1480. The van der Waals surface area contributed by atoms with Crippen LogP contribution in [0.25, 0.3) is 11.0 Å². The average molecular weight is 481 g/mol. The highest BCUT2D eigenvalue weighted by atomic mass is 16.5. The molecule has 3 aromatic carbocycles. The minimum Gasteiger partial charge on any atom is -0.458 e. The van der Waals surface area contributed by atoms with Crippen LogP contribution in [-0.2, 0) is 11.2 Å². The van der Waals surface area contributed by atoms with Crippen molar-refractivity contribution in [3.05, 3.63) is 124 Å². The molecule has 1 amide bonds. The van der Waals surface area contributed by atoms with Crippen LogP contribution in [0.2, 0.25) is 0 Å². The zero-order valence-electron chi connectivity index (χ0n) is 20.5. The van der Waals surface area contributed by atoms with E-state index < -0.39 is 6.10 Å². The van der Waals surface area contributed by atoms with Crippen LogP contribution in [0, 0.1) is 20.8 Å². The zero-order chi connectivity index (χ0) is 25.2. The number of nitrogens with one attached hydrogen (secondary N) is 1. The van der Waals surface area contributed by atoms with Crippen molar-refractivity contribution in [1.82, 2.24) is 10.5 Å². The van der Waals surface area contributed by atoms with E-state index in [1.807, 2.05) is 55.5 Å². The third kappa shape index (κ3) is 4.81. The lowest BCUT2D eigenvalue weighted by Gasteiger charge is -2.20. The number of aromatic nitrogens is 1. The van der Waals surface area contributed by atoms with Crippen molar-refractivity contribution in [3.63, 3.8) is 0 Å². The standard InChI is InChI=1S/C30H28N2O4/c1-18-9-12-23(13-10-18)29(22-7-5-4-6-8-22)31-27(33)16-21-11-14-25-24(15-21)17-26(35-25)30(34)28-19(2)32-36-20(28)3/h4-15,17,29-30,34H,16H2,1-3H3,(H,31,33). The van der Waals surface area contributed by atoms with E-state index in [2.05, 4.69) is 34.7 Å². The van der Waals surface area contributed by atoms with E-state index in [0.29, 0.717) is 28.4 Å². The largest absolute Gasteiger partial charge is 0.458 e. The Morgan fingerprint density at radius 3 is 2.36 bits per heavy atom. The molecule has 2 atom stereocenters.